The number of nitrogens with zero attached hydrogens (tertiary/aromatic N) is 1. The zero-order valence-electron chi connectivity index (χ0n) is 11.2. The van der Waals surface area contributed by atoms with Gasteiger partial charge < -0.3 is 0 Å². The summed E-state index contributed by atoms with van der Waals surface area (Å²) in [5, 5.41) is 1.89. The Morgan fingerprint density at radius 2 is 1.86 bits per heavy atom. The first-order valence-electron chi connectivity index (χ1n) is 6.34. The minimum atomic E-state index is -3.80. The summed E-state index contributed by atoms with van der Waals surface area (Å²) in [6, 6.07) is 14.0. The van der Waals surface area contributed by atoms with Crippen LogP contribution in [0.3, 0.4) is 0 Å². The van der Waals surface area contributed by atoms with Gasteiger partial charge in [0, 0.05) is 16.6 Å². The Balaban J connectivity index is 2.03. The molecule has 0 amide bonds. The first kappa shape index (κ1) is 15.0. The van der Waals surface area contributed by atoms with Crippen LogP contribution in [0, 0.1) is 0 Å². The van der Waals surface area contributed by atoms with Crippen molar-refractivity contribution in [3.05, 3.63) is 65.3 Å². The number of benzene rings is 1. The molecular formula is C15H11ClN2O2S2. The van der Waals surface area contributed by atoms with Gasteiger partial charge in [0.1, 0.15) is 10.0 Å². The van der Waals surface area contributed by atoms with Crippen LogP contribution in [0.15, 0.2) is 65.0 Å². The lowest BCUT2D eigenvalue weighted by Gasteiger charge is -2.12. The molecular weight excluding hydrogens is 340 g/mol. The zero-order valence-corrected chi connectivity index (χ0v) is 13.6. The maximum absolute atomic E-state index is 12.5. The second-order valence-electron chi connectivity index (χ2n) is 4.42. The third-order valence-electron chi connectivity index (χ3n) is 2.97. The molecule has 0 atom stereocenters. The van der Waals surface area contributed by atoms with E-state index in [4.69, 9.17) is 11.6 Å². The van der Waals surface area contributed by atoms with Crippen LogP contribution >= 0.6 is 22.9 Å². The van der Waals surface area contributed by atoms with Gasteiger partial charge in [-0.1, -0.05) is 35.9 Å². The molecule has 0 unspecified atom stereocenters. The monoisotopic (exact) mass is 350 g/mol. The van der Waals surface area contributed by atoms with Crippen molar-refractivity contribution in [1.82, 2.24) is 4.98 Å². The van der Waals surface area contributed by atoms with Crippen molar-refractivity contribution in [1.29, 1.82) is 0 Å². The average molecular weight is 351 g/mol. The maximum Gasteiger partial charge on any atom is 0.264 e. The summed E-state index contributed by atoms with van der Waals surface area (Å²) in [7, 11) is -3.80. The minimum absolute atomic E-state index is 0.0438. The summed E-state index contributed by atoms with van der Waals surface area (Å²) in [5.74, 6) is 0. The summed E-state index contributed by atoms with van der Waals surface area (Å²) in [4.78, 5) is 4.75. The zero-order chi connectivity index (χ0) is 15.6. The third kappa shape index (κ3) is 2.99. The molecule has 3 rings (SSSR count). The second kappa shape index (κ2) is 6.08. The van der Waals surface area contributed by atoms with Crippen LogP contribution in [0.4, 0.5) is 5.69 Å². The van der Waals surface area contributed by atoms with Gasteiger partial charge in [-0.3, -0.25) is 4.72 Å². The molecule has 4 nitrogen and oxygen atoms in total. The van der Waals surface area contributed by atoms with Gasteiger partial charge in [0.2, 0.25) is 0 Å². The van der Waals surface area contributed by atoms with Gasteiger partial charge in [-0.25, -0.2) is 13.4 Å². The number of nitrogens with one attached hydrogen (secondary N) is 1. The predicted octanol–water partition coefficient (Wildman–Crippen LogP) is 4.26. The fraction of sp³-hybridized carbons (Fsp3) is 0. The Hall–Kier alpha value is -1.89. The van der Waals surface area contributed by atoms with Crippen LogP contribution < -0.4 is 4.72 Å². The van der Waals surface area contributed by atoms with Crippen LogP contribution in [0.5, 0.6) is 0 Å². The molecule has 1 N–H and O–H groups in total. The Bertz CT molecular complexity index is 893. The molecule has 1 aromatic carbocycles. The maximum atomic E-state index is 12.5. The van der Waals surface area contributed by atoms with E-state index in [1.807, 2.05) is 29.6 Å². The lowest BCUT2D eigenvalue weighted by atomic mass is 10.1. The lowest BCUT2D eigenvalue weighted by molar-refractivity contribution is 0.601. The molecule has 3 aromatic rings. The van der Waals surface area contributed by atoms with Crippen molar-refractivity contribution in [2.24, 2.45) is 0 Å². The van der Waals surface area contributed by atoms with Gasteiger partial charge in [0.15, 0.2) is 0 Å². The molecule has 0 aliphatic carbocycles. The van der Waals surface area contributed by atoms with Crippen molar-refractivity contribution in [3.63, 3.8) is 0 Å². The van der Waals surface area contributed by atoms with E-state index in [-0.39, 0.29) is 10.0 Å². The molecule has 0 fully saturated rings. The van der Waals surface area contributed by atoms with E-state index in [1.165, 1.54) is 18.3 Å². The van der Waals surface area contributed by atoms with Crippen molar-refractivity contribution in [2.45, 2.75) is 4.90 Å². The largest absolute Gasteiger partial charge is 0.279 e. The molecule has 7 heteroatoms. The third-order valence-corrected chi connectivity index (χ3v) is 5.69. The molecule has 2 heterocycles. The predicted molar refractivity (Wildman–Crippen MR) is 89.8 cm³/mol. The summed E-state index contributed by atoms with van der Waals surface area (Å²) < 4.78 is 27.6. The van der Waals surface area contributed by atoms with Gasteiger partial charge >= 0.3 is 0 Å². The number of sulfonamides is 1. The summed E-state index contributed by atoms with van der Waals surface area (Å²) in [6.45, 7) is 0. The van der Waals surface area contributed by atoms with E-state index in [0.29, 0.717) is 5.69 Å². The fourth-order valence-corrected chi connectivity index (χ4v) is 4.29. The molecule has 0 radical (unpaired) electrons. The van der Waals surface area contributed by atoms with Gasteiger partial charge in [0.05, 0.1) is 5.69 Å². The first-order chi connectivity index (χ1) is 10.6. The highest BCUT2D eigenvalue weighted by Gasteiger charge is 2.20. The van der Waals surface area contributed by atoms with E-state index in [9.17, 15) is 8.42 Å². The quantitative estimate of drug-likeness (QED) is 0.715. The Labute approximate surface area is 137 Å². The van der Waals surface area contributed by atoms with Gasteiger partial charge in [-0.15, -0.1) is 11.3 Å². The normalized spacial score (nSPS) is 11.3. The number of hydrogen-bond donors (Lipinski definition) is 1. The number of halogens is 1. The lowest BCUT2D eigenvalue weighted by Crippen LogP contribution is -2.14. The van der Waals surface area contributed by atoms with E-state index in [0.717, 1.165) is 10.4 Å². The second-order valence-corrected chi connectivity index (χ2v) is 7.38. The molecule has 0 saturated carbocycles. The summed E-state index contributed by atoms with van der Waals surface area (Å²) in [5.41, 5.74) is 1.32. The van der Waals surface area contributed by atoms with Crippen molar-refractivity contribution >= 4 is 38.6 Å². The molecule has 112 valence electrons. The van der Waals surface area contributed by atoms with Crippen LogP contribution in [0.1, 0.15) is 0 Å². The molecule has 0 spiro atoms. The van der Waals surface area contributed by atoms with Crippen LogP contribution in [-0.4, -0.2) is 13.4 Å². The summed E-state index contributed by atoms with van der Waals surface area (Å²) in [6.07, 6.45) is 1.45. The fourth-order valence-electron chi connectivity index (χ4n) is 1.99. The van der Waals surface area contributed by atoms with Gasteiger partial charge in [-0.05, 0) is 29.6 Å². The van der Waals surface area contributed by atoms with Gasteiger partial charge in [-0.2, -0.15) is 0 Å². The standard InChI is InChI=1S/C15H11ClN2O2S2/c16-15-14(8-3-9-17-15)22(19,20)18-12-6-2-1-5-11(12)13-7-4-10-21-13/h1-10,18H. The minimum Gasteiger partial charge on any atom is -0.279 e. The van der Waals surface area contributed by atoms with Gasteiger partial charge in [0.25, 0.3) is 10.0 Å². The highest BCUT2D eigenvalue weighted by molar-refractivity contribution is 7.92. The molecule has 0 aliphatic heterocycles. The number of pyridine rings is 1. The van der Waals surface area contributed by atoms with E-state index in [2.05, 4.69) is 9.71 Å². The smallest absolute Gasteiger partial charge is 0.264 e. The summed E-state index contributed by atoms with van der Waals surface area (Å²) >= 11 is 7.43. The van der Waals surface area contributed by atoms with E-state index >= 15 is 0 Å². The van der Waals surface area contributed by atoms with Crippen molar-refractivity contribution in [2.75, 3.05) is 4.72 Å². The van der Waals surface area contributed by atoms with Crippen molar-refractivity contribution < 1.29 is 8.42 Å². The number of anilines is 1. The Morgan fingerprint density at radius 3 is 2.59 bits per heavy atom. The molecule has 22 heavy (non-hydrogen) atoms. The number of hydrogen-bond acceptors (Lipinski definition) is 4. The van der Waals surface area contributed by atoms with Crippen LogP contribution in [0.25, 0.3) is 10.4 Å². The van der Waals surface area contributed by atoms with Crippen LogP contribution in [0.2, 0.25) is 5.15 Å². The number of thiophene rings is 1. The number of aromatic nitrogens is 1. The first-order valence-corrected chi connectivity index (χ1v) is 9.08. The molecule has 0 saturated heterocycles. The van der Waals surface area contributed by atoms with Crippen molar-refractivity contribution in [3.8, 4) is 10.4 Å². The molecule has 2 aromatic heterocycles. The highest BCUT2D eigenvalue weighted by Crippen LogP contribution is 2.33. The Kier molecular flexibility index (Phi) is 4.15. The van der Waals surface area contributed by atoms with Crippen LogP contribution in [-0.2, 0) is 10.0 Å². The van der Waals surface area contributed by atoms with E-state index in [1.54, 1.807) is 23.5 Å². The number of rotatable bonds is 4. The average Bonchev–Trinajstić information content (AvgIpc) is 3.02. The SMILES string of the molecule is O=S(=O)(Nc1ccccc1-c1cccs1)c1cccnc1Cl. The highest BCUT2D eigenvalue weighted by atomic mass is 35.5. The number of para-hydroxylation sites is 1. The van der Waals surface area contributed by atoms with E-state index < -0.39 is 10.0 Å². The Morgan fingerprint density at radius 1 is 1.05 bits per heavy atom. The topological polar surface area (TPSA) is 59.1 Å². The molecule has 0 bridgehead atoms. The molecule has 0 aliphatic rings.